The van der Waals surface area contributed by atoms with Crippen molar-refractivity contribution in [3.05, 3.63) is 12.2 Å². The molecule has 3 heteroatoms. The second-order valence-electron chi connectivity index (χ2n) is 3.44. The summed E-state index contributed by atoms with van der Waals surface area (Å²) < 4.78 is 5.05. The number of hydrogen-bond donors (Lipinski definition) is 0. The molecule has 3 unspecified atom stereocenters. The lowest BCUT2D eigenvalue weighted by molar-refractivity contribution is -0.155. The quantitative estimate of drug-likeness (QED) is 0.425. The van der Waals surface area contributed by atoms with E-state index in [4.69, 9.17) is 4.74 Å². The average molecular weight is 166 g/mol. The molecule has 12 heavy (non-hydrogen) atoms. The molecule has 1 aliphatic carbocycles. The second-order valence-corrected chi connectivity index (χ2v) is 3.44. The molecule has 0 saturated carbocycles. The summed E-state index contributed by atoms with van der Waals surface area (Å²) in [5.74, 6) is -0.533. The highest BCUT2D eigenvalue weighted by Gasteiger charge is 2.58. The van der Waals surface area contributed by atoms with Crippen LogP contribution in [0.25, 0.3) is 0 Å². The molecule has 3 nitrogen and oxygen atoms in total. The fraction of sp³-hybridized carbons (Fsp3) is 0.556. The van der Waals surface area contributed by atoms with Crippen LogP contribution in [0.5, 0.6) is 0 Å². The van der Waals surface area contributed by atoms with E-state index in [2.05, 4.69) is 0 Å². The molecule has 2 rings (SSSR count). The lowest BCUT2D eigenvalue weighted by Gasteiger charge is -2.33. The Bertz CT molecular complexity index is 292. The van der Waals surface area contributed by atoms with Crippen LogP contribution in [0, 0.1) is 11.8 Å². The summed E-state index contributed by atoms with van der Waals surface area (Å²) in [5.41, 5.74) is -0.892. The van der Waals surface area contributed by atoms with Gasteiger partial charge < -0.3 is 4.74 Å². The molecule has 1 saturated heterocycles. The fourth-order valence-corrected chi connectivity index (χ4v) is 1.85. The molecule has 2 aliphatic rings. The van der Waals surface area contributed by atoms with Gasteiger partial charge in [0.05, 0.1) is 5.92 Å². The van der Waals surface area contributed by atoms with E-state index in [1.807, 2.05) is 6.08 Å². The van der Waals surface area contributed by atoms with E-state index in [-0.39, 0.29) is 23.6 Å². The van der Waals surface area contributed by atoms with Gasteiger partial charge in [-0.3, -0.25) is 9.59 Å². The van der Waals surface area contributed by atoms with E-state index < -0.39 is 5.60 Å². The molecular formula is C9H10O3. The number of carbonyl (C=O) groups excluding carboxylic acids is 2. The molecule has 0 amide bonds. The van der Waals surface area contributed by atoms with Crippen LogP contribution in [0.2, 0.25) is 0 Å². The van der Waals surface area contributed by atoms with Gasteiger partial charge in [0.2, 0.25) is 0 Å². The van der Waals surface area contributed by atoms with Crippen molar-refractivity contribution in [3.8, 4) is 0 Å². The third-order valence-corrected chi connectivity index (χ3v) is 2.78. The maximum atomic E-state index is 11.2. The first kappa shape index (κ1) is 7.53. The molecule has 0 aromatic carbocycles. The Kier molecular flexibility index (Phi) is 1.24. The third kappa shape index (κ3) is 0.618. The first-order valence-corrected chi connectivity index (χ1v) is 4.01. The zero-order chi connectivity index (χ0) is 8.93. The topological polar surface area (TPSA) is 43.4 Å². The van der Waals surface area contributed by atoms with E-state index >= 15 is 0 Å². The summed E-state index contributed by atoms with van der Waals surface area (Å²) in [5, 5.41) is 0. The molecular weight excluding hydrogens is 156 g/mol. The van der Waals surface area contributed by atoms with Gasteiger partial charge in [-0.05, 0) is 13.0 Å². The minimum Gasteiger partial charge on any atom is -0.446 e. The first-order chi connectivity index (χ1) is 5.58. The van der Waals surface area contributed by atoms with Crippen LogP contribution in [-0.4, -0.2) is 17.4 Å². The molecule has 3 atom stereocenters. The first-order valence-electron chi connectivity index (χ1n) is 4.01. The number of ketones is 1. The van der Waals surface area contributed by atoms with Crippen molar-refractivity contribution < 1.29 is 14.3 Å². The SMILES string of the molecule is CC(=O)C12C=CC1C(C)C(=O)O2. The largest absolute Gasteiger partial charge is 0.446 e. The minimum atomic E-state index is -0.892. The molecule has 1 heterocycles. The number of esters is 1. The van der Waals surface area contributed by atoms with Crippen LogP contribution >= 0.6 is 0 Å². The molecule has 0 aromatic rings. The number of fused-ring (bicyclic) bond motifs is 1. The summed E-state index contributed by atoms with van der Waals surface area (Å²) in [6.45, 7) is 3.25. The molecule has 0 N–H and O–H groups in total. The van der Waals surface area contributed by atoms with E-state index in [1.54, 1.807) is 13.0 Å². The van der Waals surface area contributed by atoms with E-state index in [1.165, 1.54) is 6.92 Å². The van der Waals surface area contributed by atoms with Crippen molar-refractivity contribution in [1.29, 1.82) is 0 Å². The van der Waals surface area contributed by atoms with Crippen LogP contribution in [-0.2, 0) is 14.3 Å². The van der Waals surface area contributed by atoms with Crippen LogP contribution in [0.3, 0.4) is 0 Å². The maximum Gasteiger partial charge on any atom is 0.310 e. The van der Waals surface area contributed by atoms with Gasteiger partial charge in [-0.25, -0.2) is 0 Å². The van der Waals surface area contributed by atoms with Gasteiger partial charge >= 0.3 is 5.97 Å². The normalized spacial score (nSPS) is 43.3. The summed E-state index contributed by atoms with van der Waals surface area (Å²) in [6, 6.07) is 0. The average Bonchev–Trinajstić information content (AvgIpc) is 2.10. The number of hydrogen-bond acceptors (Lipinski definition) is 3. The van der Waals surface area contributed by atoms with Gasteiger partial charge in [0, 0.05) is 5.92 Å². The lowest BCUT2D eigenvalue weighted by atomic mass is 9.71. The van der Waals surface area contributed by atoms with Gasteiger partial charge in [-0.1, -0.05) is 13.0 Å². The van der Waals surface area contributed by atoms with Crippen molar-refractivity contribution in [3.63, 3.8) is 0 Å². The Morgan fingerprint density at radius 2 is 2.33 bits per heavy atom. The standard InChI is InChI=1S/C9H10O3/c1-5-7-3-4-9(7,6(2)10)12-8(5)11/h3-5,7H,1-2H3. The highest BCUT2D eigenvalue weighted by Crippen LogP contribution is 2.46. The van der Waals surface area contributed by atoms with Gasteiger partial charge in [-0.15, -0.1) is 0 Å². The molecule has 0 aromatic heterocycles. The van der Waals surface area contributed by atoms with Crippen LogP contribution in [0.1, 0.15) is 13.8 Å². The van der Waals surface area contributed by atoms with Crippen molar-refractivity contribution in [2.45, 2.75) is 19.4 Å². The van der Waals surface area contributed by atoms with Crippen molar-refractivity contribution in [2.75, 3.05) is 0 Å². The van der Waals surface area contributed by atoms with Gasteiger partial charge in [-0.2, -0.15) is 0 Å². The highest BCUT2D eigenvalue weighted by atomic mass is 16.6. The number of rotatable bonds is 1. The highest BCUT2D eigenvalue weighted by molar-refractivity contribution is 5.96. The monoisotopic (exact) mass is 166 g/mol. The molecule has 1 fully saturated rings. The number of Topliss-reactive ketones (excluding diaryl/α,β-unsaturated/α-hetero) is 1. The summed E-state index contributed by atoms with van der Waals surface area (Å²) in [4.78, 5) is 22.3. The Balaban J connectivity index is 2.38. The second kappa shape index (κ2) is 1.97. The van der Waals surface area contributed by atoms with Crippen molar-refractivity contribution >= 4 is 11.8 Å². The number of ether oxygens (including phenoxy) is 1. The van der Waals surface area contributed by atoms with Gasteiger partial charge in [0.25, 0.3) is 0 Å². The van der Waals surface area contributed by atoms with Crippen molar-refractivity contribution in [1.82, 2.24) is 0 Å². The Hall–Kier alpha value is -1.12. The summed E-state index contributed by atoms with van der Waals surface area (Å²) in [6.07, 6.45) is 3.55. The minimum absolute atomic E-state index is 0.0255. The molecule has 0 radical (unpaired) electrons. The summed E-state index contributed by atoms with van der Waals surface area (Å²) in [7, 11) is 0. The Labute approximate surface area is 70.4 Å². The van der Waals surface area contributed by atoms with E-state index in [0.29, 0.717) is 0 Å². The fourth-order valence-electron chi connectivity index (χ4n) is 1.85. The van der Waals surface area contributed by atoms with Crippen LogP contribution in [0.15, 0.2) is 12.2 Å². The molecule has 64 valence electrons. The zero-order valence-electron chi connectivity index (χ0n) is 7.03. The predicted molar refractivity (Wildman–Crippen MR) is 41.3 cm³/mol. The lowest BCUT2D eigenvalue weighted by Crippen LogP contribution is -2.46. The van der Waals surface area contributed by atoms with Crippen LogP contribution in [0.4, 0.5) is 0 Å². The van der Waals surface area contributed by atoms with E-state index in [9.17, 15) is 9.59 Å². The third-order valence-electron chi connectivity index (χ3n) is 2.78. The zero-order valence-corrected chi connectivity index (χ0v) is 7.03. The Morgan fingerprint density at radius 1 is 1.67 bits per heavy atom. The van der Waals surface area contributed by atoms with Gasteiger partial charge in [0.1, 0.15) is 0 Å². The Morgan fingerprint density at radius 3 is 2.58 bits per heavy atom. The van der Waals surface area contributed by atoms with Crippen LogP contribution < -0.4 is 0 Å². The smallest absolute Gasteiger partial charge is 0.310 e. The van der Waals surface area contributed by atoms with E-state index in [0.717, 1.165) is 0 Å². The number of carbonyl (C=O) groups is 2. The molecule has 1 aliphatic heterocycles. The molecule has 0 spiro atoms. The molecule has 0 bridgehead atoms. The maximum absolute atomic E-state index is 11.2. The van der Waals surface area contributed by atoms with Gasteiger partial charge in [0.15, 0.2) is 11.4 Å². The predicted octanol–water partition coefficient (Wildman–Crippen LogP) is 0.693. The summed E-state index contributed by atoms with van der Waals surface area (Å²) >= 11 is 0. The van der Waals surface area contributed by atoms with Crippen molar-refractivity contribution in [2.24, 2.45) is 11.8 Å².